The highest BCUT2D eigenvalue weighted by Crippen LogP contribution is 2.36. The van der Waals surface area contributed by atoms with E-state index in [9.17, 15) is 22.4 Å². The SMILES string of the molecule is CC(Sc1n[nH]c(/C=C/c2ccc(F)cc2)n1)C(=O)Nc1ccc(Cl)c(C(F)(F)F)c1. The second-order valence-electron chi connectivity index (χ2n) is 6.33. The average molecular weight is 471 g/mol. The van der Waals surface area contributed by atoms with E-state index in [1.165, 1.54) is 18.2 Å². The summed E-state index contributed by atoms with van der Waals surface area (Å²) in [5.74, 6) is -0.434. The quantitative estimate of drug-likeness (QED) is 0.347. The van der Waals surface area contributed by atoms with Crippen LogP contribution >= 0.6 is 23.4 Å². The summed E-state index contributed by atoms with van der Waals surface area (Å²) in [6.07, 6.45) is -1.28. The van der Waals surface area contributed by atoms with Crippen LogP contribution in [0.4, 0.5) is 23.2 Å². The van der Waals surface area contributed by atoms with Crippen molar-refractivity contribution in [3.63, 3.8) is 0 Å². The molecular formula is C20H15ClF4N4OS. The molecule has 0 spiro atoms. The highest BCUT2D eigenvalue weighted by molar-refractivity contribution is 8.00. The lowest BCUT2D eigenvalue weighted by Gasteiger charge is -2.13. The van der Waals surface area contributed by atoms with Gasteiger partial charge in [0.1, 0.15) is 11.6 Å². The number of hydrogen-bond acceptors (Lipinski definition) is 4. The molecule has 11 heteroatoms. The number of halogens is 5. The number of carbonyl (C=O) groups is 1. The van der Waals surface area contributed by atoms with Gasteiger partial charge in [0.25, 0.3) is 0 Å². The van der Waals surface area contributed by atoms with E-state index in [0.717, 1.165) is 29.5 Å². The third kappa shape index (κ3) is 6.31. The van der Waals surface area contributed by atoms with Crippen molar-refractivity contribution in [2.24, 2.45) is 0 Å². The third-order valence-corrected chi connectivity index (χ3v) is 5.27. The van der Waals surface area contributed by atoms with Gasteiger partial charge in [0.2, 0.25) is 11.1 Å². The van der Waals surface area contributed by atoms with Gasteiger partial charge in [-0.05, 0) is 48.9 Å². The number of aromatic nitrogens is 3. The van der Waals surface area contributed by atoms with E-state index in [0.29, 0.717) is 5.82 Å². The van der Waals surface area contributed by atoms with Gasteiger partial charge >= 0.3 is 6.18 Å². The van der Waals surface area contributed by atoms with E-state index < -0.39 is 27.9 Å². The summed E-state index contributed by atoms with van der Waals surface area (Å²) in [7, 11) is 0. The van der Waals surface area contributed by atoms with Gasteiger partial charge in [-0.15, -0.1) is 5.10 Å². The van der Waals surface area contributed by atoms with Gasteiger partial charge in [-0.25, -0.2) is 9.37 Å². The minimum atomic E-state index is -4.63. The van der Waals surface area contributed by atoms with E-state index in [1.54, 1.807) is 31.2 Å². The van der Waals surface area contributed by atoms with Gasteiger partial charge in [0.05, 0.1) is 15.8 Å². The van der Waals surface area contributed by atoms with Crippen molar-refractivity contribution in [2.75, 3.05) is 5.32 Å². The summed E-state index contributed by atoms with van der Waals surface area (Å²) in [5.41, 5.74) is -0.285. The molecule has 2 N–H and O–H groups in total. The van der Waals surface area contributed by atoms with Crippen molar-refractivity contribution in [1.29, 1.82) is 0 Å². The van der Waals surface area contributed by atoms with Crippen LogP contribution in [0.25, 0.3) is 12.2 Å². The number of nitrogens with one attached hydrogen (secondary N) is 2. The third-order valence-electron chi connectivity index (χ3n) is 3.98. The standard InChI is InChI=1S/C20H15ClF4N4OS/c1-11(18(30)26-14-7-8-16(21)15(10-14)20(23,24)25)31-19-27-17(28-29-19)9-4-12-2-5-13(22)6-3-12/h2-11H,1H3,(H,26,30)(H,27,28,29)/b9-4+. The monoisotopic (exact) mass is 470 g/mol. The molecule has 0 aliphatic carbocycles. The van der Waals surface area contributed by atoms with Gasteiger partial charge < -0.3 is 5.32 Å². The molecule has 0 saturated carbocycles. The summed E-state index contributed by atoms with van der Waals surface area (Å²) in [6.45, 7) is 1.57. The lowest BCUT2D eigenvalue weighted by Crippen LogP contribution is -2.22. The fraction of sp³-hybridized carbons (Fsp3) is 0.150. The molecule has 0 fully saturated rings. The number of carbonyl (C=O) groups excluding carboxylic acids is 1. The van der Waals surface area contributed by atoms with E-state index in [-0.39, 0.29) is 16.7 Å². The van der Waals surface area contributed by atoms with Crippen LogP contribution < -0.4 is 5.32 Å². The highest BCUT2D eigenvalue weighted by Gasteiger charge is 2.33. The summed E-state index contributed by atoms with van der Waals surface area (Å²) in [6, 6.07) is 9.02. The number of nitrogens with zero attached hydrogens (tertiary/aromatic N) is 2. The zero-order valence-electron chi connectivity index (χ0n) is 15.9. The van der Waals surface area contributed by atoms with Crippen LogP contribution in [0.5, 0.6) is 0 Å². The van der Waals surface area contributed by atoms with Crippen LogP contribution in [0.3, 0.4) is 0 Å². The maximum absolute atomic E-state index is 13.0. The lowest BCUT2D eigenvalue weighted by molar-refractivity contribution is -0.137. The predicted molar refractivity (Wildman–Crippen MR) is 112 cm³/mol. The summed E-state index contributed by atoms with van der Waals surface area (Å²) >= 11 is 6.61. The topological polar surface area (TPSA) is 70.7 Å². The molecule has 1 unspecified atom stereocenters. The van der Waals surface area contributed by atoms with Gasteiger partial charge in [0, 0.05) is 5.69 Å². The molecule has 162 valence electrons. The Morgan fingerprint density at radius 1 is 1.19 bits per heavy atom. The fourth-order valence-electron chi connectivity index (χ4n) is 2.41. The number of benzene rings is 2. The lowest BCUT2D eigenvalue weighted by atomic mass is 10.2. The molecule has 0 radical (unpaired) electrons. The minimum Gasteiger partial charge on any atom is -0.325 e. The van der Waals surface area contributed by atoms with E-state index >= 15 is 0 Å². The van der Waals surface area contributed by atoms with Gasteiger partial charge in [0.15, 0.2) is 0 Å². The van der Waals surface area contributed by atoms with E-state index in [2.05, 4.69) is 20.5 Å². The van der Waals surface area contributed by atoms with Crippen LogP contribution in [-0.2, 0) is 11.0 Å². The van der Waals surface area contributed by atoms with Gasteiger partial charge in [-0.2, -0.15) is 13.2 Å². The van der Waals surface area contributed by atoms with Crippen LogP contribution in [0.2, 0.25) is 5.02 Å². The Bertz CT molecular complexity index is 1100. The first-order chi connectivity index (χ1) is 14.6. The molecule has 1 amide bonds. The molecule has 1 atom stereocenters. The van der Waals surface area contributed by atoms with Crippen LogP contribution in [-0.4, -0.2) is 26.3 Å². The highest BCUT2D eigenvalue weighted by atomic mass is 35.5. The van der Waals surface area contributed by atoms with E-state index in [1.807, 2.05) is 0 Å². The molecule has 0 aliphatic rings. The van der Waals surface area contributed by atoms with Crippen molar-refractivity contribution >= 4 is 47.1 Å². The predicted octanol–water partition coefficient (Wildman–Crippen LogP) is 5.91. The molecule has 31 heavy (non-hydrogen) atoms. The Labute approximate surface area is 183 Å². The number of thioether (sulfide) groups is 1. The first-order valence-electron chi connectivity index (χ1n) is 8.82. The fourth-order valence-corrected chi connectivity index (χ4v) is 3.37. The largest absolute Gasteiger partial charge is 0.417 e. The summed E-state index contributed by atoms with van der Waals surface area (Å²) < 4.78 is 51.8. The molecule has 0 aliphatic heterocycles. The van der Waals surface area contributed by atoms with Crippen LogP contribution in [0, 0.1) is 5.82 Å². The Morgan fingerprint density at radius 2 is 1.90 bits per heavy atom. The molecule has 2 aromatic carbocycles. The Kier molecular flexibility index (Phi) is 7.01. The zero-order valence-corrected chi connectivity index (χ0v) is 17.4. The maximum Gasteiger partial charge on any atom is 0.417 e. The first-order valence-corrected chi connectivity index (χ1v) is 10.1. The maximum atomic E-state index is 13.0. The molecule has 0 saturated heterocycles. The Hall–Kier alpha value is -2.85. The number of rotatable bonds is 6. The molecule has 0 bridgehead atoms. The summed E-state index contributed by atoms with van der Waals surface area (Å²) in [4.78, 5) is 16.6. The molecule has 3 rings (SSSR count). The zero-order chi connectivity index (χ0) is 22.6. The normalized spacial score (nSPS) is 12.8. The molecule has 1 heterocycles. The number of amides is 1. The van der Waals surface area contributed by atoms with Gasteiger partial charge in [-0.1, -0.05) is 41.6 Å². The average Bonchev–Trinajstić information content (AvgIpc) is 3.15. The second kappa shape index (κ2) is 9.52. The van der Waals surface area contributed by atoms with Crippen LogP contribution in [0.15, 0.2) is 47.6 Å². The Morgan fingerprint density at radius 3 is 2.58 bits per heavy atom. The van der Waals surface area contributed by atoms with Crippen molar-refractivity contribution in [3.8, 4) is 0 Å². The van der Waals surface area contributed by atoms with Crippen molar-refractivity contribution in [2.45, 2.75) is 23.5 Å². The Balaban J connectivity index is 1.61. The second-order valence-corrected chi connectivity index (χ2v) is 8.04. The van der Waals surface area contributed by atoms with Crippen LogP contribution in [0.1, 0.15) is 23.9 Å². The number of alkyl halides is 3. The molecule has 3 aromatic rings. The number of aromatic amines is 1. The molecule has 5 nitrogen and oxygen atoms in total. The number of hydrogen-bond donors (Lipinski definition) is 2. The first kappa shape index (κ1) is 22.8. The summed E-state index contributed by atoms with van der Waals surface area (Å²) in [5, 5.41) is 8.28. The van der Waals surface area contributed by atoms with Crippen molar-refractivity contribution in [3.05, 3.63) is 70.3 Å². The van der Waals surface area contributed by atoms with Crippen molar-refractivity contribution < 1.29 is 22.4 Å². The van der Waals surface area contributed by atoms with E-state index in [4.69, 9.17) is 11.6 Å². The molecule has 1 aromatic heterocycles. The number of H-pyrrole nitrogens is 1. The van der Waals surface area contributed by atoms with Crippen molar-refractivity contribution in [1.82, 2.24) is 15.2 Å². The smallest absolute Gasteiger partial charge is 0.325 e. The number of anilines is 1. The molecular weight excluding hydrogens is 456 g/mol. The van der Waals surface area contributed by atoms with Gasteiger partial charge in [-0.3, -0.25) is 9.89 Å². The minimum absolute atomic E-state index is 0.0212.